The van der Waals surface area contributed by atoms with Crippen LogP contribution in [0.25, 0.3) is 0 Å². The molecule has 0 aliphatic carbocycles. The topological polar surface area (TPSA) is 66.4 Å². The zero-order valence-corrected chi connectivity index (χ0v) is 12.6. The predicted molar refractivity (Wildman–Crippen MR) is 80.2 cm³/mol. The quantitative estimate of drug-likeness (QED) is 0.882. The third-order valence-electron chi connectivity index (χ3n) is 2.84. The number of halogens is 2. The van der Waals surface area contributed by atoms with Gasteiger partial charge in [0.25, 0.3) is 5.91 Å². The highest BCUT2D eigenvalue weighted by Gasteiger charge is 2.11. The van der Waals surface area contributed by atoms with Gasteiger partial charge < -0.3 is 10.4 Å². The fraction of sp³-hybridized carbons (Fsp3) is 0.0667. The van der Waals surface area contributed by atoms with Crippen LogP contribution < -0.4 is 5.32 Å². The summed E-state index contributed by atoms with van der Waals surface area (Å²) in [4.78, 5) is 23.0. The second kappa shape index (κ2) is 6.05. The van der Waals surface area contributed by atoms with Gasteiger partial charge in [-0.15, -0.1) is 0 Å². The Balaban J connectivity index is 2.27. The van der Waals surface area contributed by atoms with E-state index in [2.05, 4.69) is 21.2 Å². The van der Waals surface area contributed by atoms with Crippen molar-refractivity contribution in [1.29, 1.82) is 0 Å². The molecule has 6 heteroatoms. The van der Waals surface area contributed by atoms with Crippen LogP contribution in [0.1, 0.15) is 26.3 Å². The predicted octanol–water partition coefficient (Wildman–Crippen LogP) is 3.85. The zero-order valence-electron chi connectivity index (χ0n) is 11.0. The molecule has 2 N–H and O–H groups in total. The second-order valence-corrected chi connectivity index (χ2v) is 5.37. The molecule has 2 rings (SSSR count). The molecule has 0 heterocycles. The van der Waals surface area contributed by atoms with E-state index in [1.165, 1.54) is 24.3 Å². The van der Waals surface area contributed by atoms with Crippen LogP contribution in [0.5, 0.6) is 0 Å². The number of carbonyl (C=O) groups is 2. The lowest BCUT2D eigenvalue weighted by Crippen LogP contribution is -2.13. The third-order valence-corrected chi connectivity index (χ3v) is 3.29. The molecule has 0 saturated heterocycles. The van der Waals surface area contributed by atoms with E-state index in [9.17, 15) is 14.0 Å². The molecule has 0 bridgehead atoms. The summed E-state index contributed by atoms with van der Waals surface area (Å²) in [7, 11) is 0. The zero-order chi connectivity index (χ0) is 15.6. The number of aryl methyl sites for hydroxylation is 1. The molecule has 0 radical (unpaired) electrons. The third kappa shape index (κ3) is 3.66. The average Bonchev–Trinajstić information content (AvgIpc) is 2.41. The van der Waals surface area contributed by atoms with Crippen LogP contribution in [0.4, 0.5) is 10.1 Å². The molecule has 0 saturated carbocycles. The summed E-state index contributed by atoms with van der Waals surface area (Å²) in [5, 5.41) is 11.5. The van der Waals surface area contributed by atoms with Crippen LogP contribution in [0.3, 0.4) is 0 Å². The molecule has 4 nitrogen and oxygen atoms in total. The lowest BCUT2D eigenvalue weighted by atomic mass is 10.1. The number of aromatic carboxylic acids is 1. The van der Waals surface area contributed by atoms with E-state index in [1.54, 1.807) is 13.0 Å². The van der Waals surface area contributed by atoms with Crippen LogP contribution in [0, 0.1) is 12.7 Å². The SMILES string of the molecule is Cc1ccc(C(=O)Nc2cc(Br)cc(C(=O)O)c2)cc1F. The van der Waals surface area contributed by atoms with Crippen molar-refractivity contribution in [3.8, 4) is 0 Å². The molecular formula is C15H11BrFNO3. The molecule has 0 aliphatic rings. The van der Waals surface area contributed by atoms with E-state index in [1.807, 2.05) is 0 Å². The molecule has 108 valence electrons. The van der Waals surface area contributed by atoms with E-state index in [4.69, 9.17) is 5.11 Å². The average molecular weight is 352 g/mol. The maximum absolute atomic E-state index is 13.4. The van der Waals surface area contributed by atoms with E-state index in [0.717, 1.165) is 6.07 Å². The maximum atomic E-state index is 13.4. The first-order valence-corrected chi connectivity index (χ1v) is 6.77. The smallest absolute Gasteiger partial charge is 0.335 e. The summed E-state index contributed by atoms with van der Waals surface area (Å²) >= 11 is 3.17. The van der Waals surface area contributed by atoms with Gasteiger partial charge in [0.05, 0.1) is 5.56 Å². The Bertz CT molecular complexity index is 731. The van der Waals surface area contributed by atoms with Gasteiger partial charge in [0.15, 0.2) is 0 Å². The number of nitrogens with one attached hydrogen (secondary N) is 1. The minimum Gasteiger partial charge on any atom is -0.478 e. The van der Waals surface area contributed by atoms with Crippen molar-refractivity contribution in [2.24, 2.45) is 0 Å². The van der Waals surface area contributed by atoms with Gasteiger partial charge in [-0.2, -0.15) is 0 Å². The molecule has 0 unspecified atom stereocenters. The fourth-order valence-electron chi connectivity index (χ4n) is 1.72. The maximum Gasteiger partial charge on any atom is 0.335 e. The van der Waals surface area contributed by atoms with Gasteiger partial charge in [-0.25, -0.2) is 9.18 Å². The Morgan fingerprint density at radius 2 is 1.86 bits per heavy atom. The molecule has 0 fully saturated rings. The number of anilines is 1. The Morgan fingerprint density at radius 3 is 2.48 bits per heavy atom. The number of carbonyl (C=O) groups excluding carboxylic acids is 1. The summed E-state index contributed by atoms with van der Waals surface area (Å²) in [6, 6.07) is 8.46. The van der Waals surface area contributed by atoms with Crippen LogP contribution in [-0.2, 0) is 0 Å². The molecule has 2 aromatic carbocycles. The van der Waals surface area contributed by atoms with E-state index >= 15 is 0 Å². The Kier molecular flexibility index (Phi) is 4.37. The molecule has 1 amide bonds. The Hall–Kier alpha value is -2.21. The number of hydrogen-bond acceptors (Lipinski definition) is 2. The van der Waals surface area contributed by atoms with Crippen molar-refractivity contribution in [3.63, 3.8) is 0 Å². The first kappa shape index (κ1) is 15.2. The highest BCUT2D eigenvalue weighted by molar-refractivity contribution is 9.10. The van der Waals surface area contributed by atoms with Crippen LogP contribution in [-0.4, -0.2) is 17.0 Å². The molecule has 2 aromatic rings. The first-order valence-electron chi connectivity index (χ1n) is 5.98. The summed E-state index contributed by atoms with van der Waals surface area (Å²) in [6.45, 7) is 1.60. The normalized spacial score (nSPS) is 10.2. The van der Waals surface area contributed by atoms with Gasteiger partial charge in [-0.05, 0) is 42.8 Å². The molecule has 21 heavy (non-hydrogen) atoms. The number of amides is 1. The van der Waals surface area contributed by atoms with Gasteiger partial charge in [0.1, 0.15) is 5.82 Å². The number of hydrogen-bond donors (Lipinski definition) is 2. The van der Waals surface area contributed by atoms with Crippen molar-refractivity contribution in [3.05, 3.63) is 63.4 Å². The number of carboxylic acid groups (broad SMARTS) is 1. The van der Waals surface area contributed by atoms with Crippen LogP contribution >= 0.6 is 15.9 Å². The Morgan fingerprint density at radius 1 is 1.14 bits per heavy atom. The van der Waals surface area contributed by atoms with E-state index in [-0.39, 0.29) is 11.1 Å². The van der Waals surface area contributed by atoms with Gasteiger partial charge >= 0.3 is 5.97 Å². The first-order chi connectivity index (χ1) is 9.86. The number of rotatable bonds is 3. The van der Waals surface area contributed by atoms with Crippen molar-refractivity contribution in [2.45, 2.75) is 6.92 Å². The van der Waals surface area contributed by atoms with E-state index in [0.29, 0.717) is 15.7 Å². The summed E-state index contributed by atoms with van der Waals surface area (Å²) in [5.74, 6) is -2.08. The Labute approximate surface area is 128 Å². The van der Waals surface area contributed by atoms with Gasteiger partial charge in [0.2, 0.25) is 0 Å². The van der Waals surface area contributed by atoms with E-state index < -0.39 is 17.7 Å². The monoisotopic (exact) mass is 351 g/mol. The number of benzene rings is 2. The fourth-order valence-corrected chi connectivity index (χ4v) is 2.22. The van der Waals surface area contributed by atoms with Gasteiger partial charge in [0, 0.05) is 15.7 Å². The van der Waals surface area contributed by atoms with Gasteiger partial charge in [-0.3, -0.25) is 4.79 Å². The van der Waals surface area contributed by atoms with Crippen molar-refractivity contribution < 1.29 is 19.1 Å². The molecule has 0 spiro atoms. The largest absolute Gasteiger partial charge is 0.478 e. The molecule has 0 atom stereocenters. The van der Waals surface area contributed by atoms with Crippen molar-refractivity contribution in [2.75, 3.05) is 5.32 Å². The lowest BCUT2D eigenvalue weighted by molar-refractivity contribution is 0.0696. The minimum absolute atomic E-state index is 0.0368. The van der Waals surface area contributed by atoms with Gasteiger partial charge in [-0.1, -0.05) is 22.0 Å². The summed E-state index contributed by atoms with van der Waals surface area (Å²) in [6.07, 6.45) is 0. The van der Waals surface area contributed by atoms with Crippen molar-refractivity contribution >= 4 is 33.5 Å². The second-order valence-electron chi connectivity index (χ2n) is 4.45. The van der Waals surface area contributed by atoms with Crippen molar-refractivity contribution in [1.82, 2.24) is 0 Å². The summed E-state index contributed by atoms with van der Waals surface area (Å²) in [5.41, 5.74) is 0.958. The molecular weight excluding hydrogens is 341 g/mol. The number of carboxylic acids is 1. The summed E-state index contributed by atoms with van der Waals surface area (Å²) < 4.78 is 14.0. The standard InChI is InChI=1S/C15H11BrFNO3/c1-8-2-3-9(6-13(8)17)14(19)18-12-5-10(15(20)21)4-11(16)7-12/h2-7H,1H3,(H,18,19)(H,20,21). The van der Waals surface area contributed by atoms with Crippen LogP contribution in [0.15, 0.2) is 40.9 Å². The van der Waals surface area contributed by atoms with Crippen LogP contribution in [0.2, 0.25) is 0 Å². The molecule has 0 aromatic heterocycles. The molecule has 0 aliphatic heterocycles. The highest BCUT2D eigenvalue weighted by Crippen LogP contribution is 2.20. The highest BCUT2D eigenvalue weighted by atomic mass is 79.9. The lowest BCUT2D eigenvalue weighted by Gasteiger charge is -2.08. The minimum atomic E-state index is -1.10.